The van der Waals surface area contributed by atoms with Crippen molar-refractivity contribution in [3.63, 3.8) is 0 Å². The summed E-state index contributed by atoms with van der Waals surface area (Å²) < 4.78 is 0. The van der Waals surface area contributed by atoms with Crippen molar-refractivity contribution >= 4 is 22.9 Å². The molecule has 0 aliphatic carbocycles. The molecule has 0 unspecified atom stereocenters. The molecule has 1 aliphatic heterocycles. The van der Waals surface area contributed by atoms with Crippen LogP contribution in [0.15, 0.2) is 43.2 Å². The van der Waals surface area contributed by atoms with Gasteiger partial charge in [0.2, 0.25) is 0 Å². The van der Waals surface area contributed by atoms with Gasteiger partial charge < -0.3 is 4.90 Å². The summed E-state index contributed by atoms with van der Waals surface area (Å²) in [5.41, 5.74) is 2.58. The zero-order valence-corrected chi connectivity index (χ0v) is 13.5. The Labute approximate surface area is 151 Å². The van der Waals surface area contributed by atoms with Crippen molar-refractivity contribution in [2.45, 2.75) is 0 Å². The van der Waals surface area contributed by atoms with Crippen molar-refractivity contribution in [2.75, 3.05) is 9.80 Å². The molecule has 0 bridgehead atoms. The zero-order chi connectivity index (χ0) is 18.1. The van der Waals surface area contributed by atoms with E-state index in [-0.39, 0.29) is 0 Å². The van der Waals surface area contributed by atoms with E-state index in [1.165, 1.54) is 6.33 Å². The van der Waals surface area contributed by atoms with E-state index in [0.29, 0.717) is 34.4 Å². The molecule has 4 aromatic rings. The summed E-state index contributed by atoms with van der Waals surface area (Å²) in [6.45, 7) is 1.81. The third kappa shape index (κ3) is 2.53. The average Bonchev–Trinajstić information content (AvgIpc) is 3.48. The lowest BCUT2D eigenvalue weighted by Gasteiger charge is -2.21. The summed E-state index contributed by atoms with van der Waals surface area (Å²) in [5, 5.41) is 33.1. The molecule has 4 aromatic heterocycles. The number of H-pyrrole nitrogens is 2. The third-order valence-electron chi connectivity index (χ3n) is 3.80. The molecule has 0 atom stereocenters. The van der Waals surface area contributed by atoms with Crippen LogP contribution in [0.3, 0.4) is 0 Å². The number of nitrogens with zero attached hydrogens (tertiary/aromatic N) is 11. The molecule has 0 amide bonds. The lowest BCUT2D eigenvalue weighted by Crippen LogP contribution is -2.22. The van der Waals surface area contributed by atoms with Crippen molar-refractivity contribution in [3.8, 4) is 0 Å². The number of rotatable bonds is 4. The highest BCUT2D eigenvalue weighted by Gasteiger charge is 2.37. The molecule has 13 nitrogen and oxygen atoms in total. The molecule has 1 radical (unpaired) electrons. The third-order valence-corrected chi connectivity index (χ3v) is 3.80. The van der Waals surface area contributed by atoms with Gasteiger partial charge in [-0.15, -0.1) is 15.3 Å². The van der Waals surface area contributed by atoms with Gasteiger partial charge >= 0.3 is 0 Å². The van der Waals surface area contributed by atoms with E-state index >= 15 is 0 Å². The fourth-order valence-corrected chi connectivity index (χ4v) is 2.71. The van der Waals surface area contributed by atoms with Gasteiger partial charge in [0.05, 0.1) is 24.3 Å². The molecule has 2 N–H and O–H groups in total. The molecule has 1 aliphatic rings. The van der Waals surface area contributed by atoms with Crippen LogP contribution in [-0.2, 0) is 0 Å². The predicted octanol–water partition coefficient (Wildman–Crippen LogP) is -0.130. The van der Waals surface area contributed by atoms with Gasteiger partial charge in [0, 0.05) is 6.20 Å². The molecule has 13 heteroatoms. The lowest BCUT2D eigenvalue weighted by molar-refractivity contribution is 0.881. The van der Waals surface area contributed by atoms with Crippen LogP contribution in [0.2, 0.25) is 0 Å². The predicted molar refractivity (Wildman–Crippen MR) is 90.7 cm³/mol. The van der Waals surface area contributed by atoms with Crippen LogP contribution in [-0.4, -0.2) is 56.2 Å². The van der Waals surface area contributed by atoms with E-state index in [2.05, 4.69) is 56.2 Å². The summed E-state index contributed by atoms with van der Waals surface area (Å²) in [4.78, 5) is 11.8. The highest BCUT2D eigenvalue weighted by Crippen LogP contribution is 2.41. The van der Waals surface area contributed by atoms with Gasteiger partial charge in [-0.3, -0.25) is 10.00 Å². The van der Waals surface area contributed by atoms with Crippen molar-refractivity contribution in [1.29, 1.82) is 0 Å². The van der Waals surface area contributed by atoms with Gasteiger partial charge in [0.15, 0.2) is 18.3 Å². The van der Waals surface area contributed by atoms with Gasteiger partial charge in [-0.2, -0.15) is 5.10 Å². The minimum Gasteiger partial charge on any atom is -0.310 e. The molecule has 131 valence electrons. The molecule has 0 spiro atoms. The number of aromatic amines is 2. The zero-order valence-electron chi connectivity index (χ0n) is 13.5. The summed E-state index contributed by atoms with van der Waals surface area (Å²) in [6, 6.07) is 3.61. The summed E-state index contributed by atoms with van der Waals surface area (Å²) in [7, 11) is 0. The number of hydrogen-bond acceptors (Lipinski definition) is 11. The Morgan fingerprint density at radius 2 is 1.85 bits per heavy atom. The van der Waals surface area contributed by atoms with Gasteiger partial charge in [0.25, 0.3) is 0 Å². The van der Waals surface area contributed by atoms with Gasteiger partial charge in [-0.05, 0) is 22.6 Å². The van der Waals surface area contributed by atoms with Crippen molar-refractivity contribution < 1.29 is 0 Å². The van der Waals surface area contributed by atoms with E-state index in [1.54, 1.807) is 35.8 Å². The first-order chi connectivity index (χ1) is 13.4. The molecule has 0 saturated carbocycles. The monoisotopic (exact) mass is 360 g/mol. The Morgan fingerprint density at radius 3 is 2.56 bits per heavy atom. The fourth-order valence-electron chi connectivity index (χ4n) is 2.71. The Kier molecular flexibility index (Phi) is 3.45. The summed E-state index contributed by atoms with van der Waals surface area (Å²) in [5.74, 6) is 0.999. The SMILES string of the molecule is [CH]1N(c2cncnc2)C(c2c[nH]nn2)=C(c2nnn[nH]2)N1c1cccnn1. The second-order valence-electron chi connectivity index (χ2n) is 5.34. The number of nitrogens with one attached hydrogen (secondary N) is 2. The maximum absolute atomic E-state index is 4.19. The molecular formula is C14H10N13. The molecule has 0 saturated heterocycles. The van der Waals surface area contributed by atoms with Crippen LogP contribution in [0.1, 0.15) is 11.5 Å². The maximum atomic E-state index is 4.19. The Bertz CT molecular complexity index is 957. The largest absolute Gasteiger partial charge is 0.310 e. The second-order valence-corrected chi connectivity index (χ2v) is 5.34. The Balaban J connectivity index is 1.75. The van der Waals surface area contributed by atoms with Crippen LogP contribution in [0.25, 0.3) is 11.4 Å². The van der Waals surface area contributed by atoms with Crippen LogP contribution < -0.4 is 9.80 Å². The van der Waals surface area contributed by atoms with Crippen LogP contribution in [0.4, 0.5) is 11.5 Å². The highest BCUT2D eigenvalue weighted by atomic mass is 15.5. The van der Waals surface area contributed by atoms with Crippen LogP contribution >= 0.6 is 0 Å². The number of anilines is 2. The molecule has 5 heterocycles. The topological polar surface area (TPSA) is 154 Å². The Hall–Kier alpha value is -4.29. The van der Waals surface area contributed by atoms with Gasteiger partial charge in [-0.25, -0.2) is 15.1 Å². The first kappa shape index (κ1) is 15.0. The van der Waals surface area contributed by atoms with Crippen LogP contribution in [0, 0.1) is 6.67 Å². The van der Waals surface area contributed by atoms with E-state index in [1.807, 2.05) is 17.6 Å². The van der Waals surface area contributed by atoms with Gasteiger partial charge in [-0.1, -0.05) is 5.21 Å². The summed E-state index contributed by atoms with van der Waals surface area (Å²) >= 11 is 0. The second kappa shape index (κ2) is 6.21. The van der Waals surface area contributed by atoms with Crippen molar-refractivity contribution in [1.82, 2.24) is 56.2 Å². The minimum absolute atomic E-state index is 0.425. The van der Waals surface area contributed by atoms with Crippen LogP contribution in [0.5, 0.6) is 0 Å². The van der Waals surface area contributed by atoms with E-state index in [0.717, 1.165) is 0 Å². The van der Waals surface area contributed by atoms with Gasteiger partial charge in [0.1, 0.15) is 23.4 Å². The number of hydrogen-bond donors (Lipinski definition) is 2. The number of tetrazole rings is 1. The molecule has 0 fully saturated rings. The summed E-state index contributed by atoms with van der Waals surface area (Å²) in [6.07, 6.45) is 8.09. The molecule has 27 heavy (non-hydrogen) atoms. The standard InChI is InChI=1S/C14H10N13/c1-2-11(20-17-3-1)27-8-26(9-4-15-7-16-5-9)12(10-6-18-23-19-10)13(27)14-21-24-25-22-14/h1-8H,(H,18,19,23)(H,21,22,24,25). The lowest BCUT2D eigenvalue weighted by atomic mass is 10.2. The minimum atomic E-state index is 0.425. The fraction of sp³-hybridized carbons (Fsp3) is 0. The first-order valence-corrected chi connectivity index (χ1v) is 7.73. The van der Waals surface area contributed by atoms with E-state index < -0.39 is 0 Å². The highest BCUT2D eigenvalue weighted by molar-refractivity contribution is 6.04. The van der Waals surface area contributed by atoms with E-state index in [9.17, 15) is 0 Å². The molecule has 0 aromatic carbocycles. The normalized spacial score (nSPS) is 14.2. The van der Waals surface area contributed by atoms with E-state index in [4.69, 9.17) is 0 Å². The molecular weight excluding hydrogens is 350 g/mol. The average molecular weight is 360 g/mol. The first-order valence-electron chi connectivity index (χ1n) is 7.73. The van der Waals surface area contributed by atoms with Crippen molar-refractivity contribution in [2.24, 2.45) is 0 Å². The number of aromatic nitrogens is 11. The quantitative estimate of drug-likeness (QED) is 0.500. The Morgan fingerprint density at radius 1 is 0.926 bits per heavy atom. The maximum Gasteiger partial charge on any atom is 0.198 e. The van der Waals surface area contributed by atoms with Crippen molar-refractivity contribution in [3.05, 3.63) is 61.4 Å². The molecule has 5 rings (SSSR count). The smallest absolute Gasteiger partial charge is 0.198 e.